The maximum Gasteiger partial charge on any atom is 0.419 e. The van der Waals surface area contributed by atoms with E-state index in [1.54, 1.807) is 4.90 Å². The van der Waals surface area contributed by atoms with Crippen molar-refractivity contribution in [2.45, 2.75) is 19.0 Å². The van der Waals surface area contributed by atoms with E-state index in [2.05, 4.69) is 4.98 Å². The number of hydrogen-bond donors (Lipinski definition) is 1. The first kappa shape index (κ1) is 13.6. The van der Waals surface area contributed by atoms with Gasteiger partial charge in [0, 0.05) is 25.2 Å². The van der Waals surface area contributed by atoms with Crippen LogP contribution in [0.2, 0.25) is 0 Å². The van der Waals surface area contributed by atoms with Gasteiger partial charge in [-0.25, -0.2) is 4.98 Å². The van der Waals surface area contributed by atoms with Crippen LogP contribution in [0.1, 0.15) is 18.4 Å². The fourth-order valence-electron chi connectivity index (χ4n) is 2.25. The summed E-state index contributed by atoms with van der Waals surface area (Å²) in [5, 5.41) is 0. The van der Waals surface area contributed by atoms with Crippen LogP contribution >= 0.6 is 0 Å². The Hall–Kier alpha value is -1.79. The van der Waals surface area contributed by atoms with Gasteiger partial charge in [0.15, 0.2) is 0 Å². The molecule has 2 heterocycles. The SMILES string of the molecule is NC(=O)C1CCN(c2ncccc2C(F)(F)F)CC1. The molecule has 0 saturated carbocycles. The van der Waals surface area contributed by atoms with Gasteiger partial charge in [0.25, 0.3) is 0 Å². The summed E-state index contributed by atoms with van der Waals surface area (Å²) < 4.78 is 38.6. The van der Waals surface area contributed by atoms with Crippen molar-refractivity contribution in [3.8, 4) is 0 Å². The number of nitrogens with zero attached hydrogens (tertiary/aromatic N) is 2. The van der Waals surface area contributed by atoms with Crippen molar-refractivity contribution in [1.29, 1.82) is 0 Å². The summed E-state index contributed by atoms with van der Waals surface area (Å²) in [6.45, 7) is 0.710. The molecule has 0 radical (unpaired) electrons. The zero-order valence-corrected chi connectivity index (χ0v) is 10.2. The van der Waals surface area contributed by atoms with Crippen LogP contribution < -0.4 is 10.6 Å². The van der Waals surface area contributed by atoms with Gasteiger partial charge in [0.05, 0.1) is 5.56 Å². The van der Waals surface area contributed by atoms with Crippen molar-refractivity contribution in [3.05, 3.63) is 23.9 Å². The Balaban J connectivity index is 2.18. The maximum absolute atomic E-state index is 12.9. The molecule has 0 unspecified atom stereocenters. The monoisotopic (exact) mass is 273 g/mol. The van der Waals surface area contributed by atoms with Crippen LogP contribution in [0.4, 0.5) is 19.0 Å². The van der Waals surface area contributed by atoms with E-state index in [0.717, 1.165) is 6.07 Å². The molecule has 1 aliphatic rings. The zero-order valence-electron chi connectivity index (χ0n) is 10.2. The molecule has 0 aliphatic carbocycles. The highest BCUT2D eigenvalue weighted by molar-refractivity contribution is 5.77. The molecular formula is C12H14F3N3O. The van der Waals surface area contributed by atoms with Crippen LogP contribution in [0.15, 0.2) is 18.3 Å². The number of carbonyl (C=O) groups is 1. The predicted octanol–water partition coefficient (Wildman–Crippen LogP) is 1.80. The van der Waals surface area contributed by atoms with Gasteiger partial charge in [-0.3, -0.25) is 4.79 Å². The summed E-state index contributed by atoms with van der Waals surface area (Å²) in [5.74, 6) is -0.719. The fraction of sp³-hybridized carbons (Fsp3) is 0.500. The van der Waals surface area contributed by atoms with Crippen LogP contribution in [0.25, 0.3) is 0 Å². The van der Waals surface area contributed by atoms with Crippen molar-refractivity contribution in [2.24, 2.45) is 11.7 Å². The molecule has 1 amide bonds. The molecule has 1 aromatic heterocycles. The molecule has 0 atom stereocenters. The Morgan fingerprint density at radius 1 is 1.37 bits per heavy atom. The molecule has 0 bridgehead atoms. The number of pyridine rings is 1. The first-order valence-electron chi connectivity index (χ1n) is 5.96. The molecule has 2 rings (SSSR count). The number of alkyl halides is 3. The Labute approximate surface area is 108 Å². The minimum absolute atomic E-state index is 0.0714. The molecule has 0 spiro atoms. The van der Waals surface area contributed by atoms with Crippen LogP contribution in [0.3, 0.4) is 0 Å². The number of amides is 1. The minimum atomic E-state index is -4.43. The average molecular weight is 273 g/mol. The summed E-state index contributed by atoms with van der Waals surface area (Å²) in [6, 6.07) is 2.28. The molecular weight excluding hydrogens is 259 g/mol. The first-order chi connectivity index (χ1) is 8.89. The van der Waals surface area contributed by atoms with E-state index < -0.39 is 17.6 Å². The van der Waals surface area contributed by atoms with Gasteiger partial charge in [-0.2, -0.15) is 13.2 Å². The van der Waals surface area contributed by atoms with E-state index in [-0.39, 0.29) is 11.7 Å². The van der Waals surface area contributed by atoms with E-state index in [1.807, 2.05) is 0 Å². The zero-order chi connectivity index (χ0) is 14.0. The van der Waals surface area contributed by atoms with Gasteiger partial charge in [-0.1, -0.05) is 0 Å². The molecule has 2 N–H and O–H groups in total. The van der Waals surface area contributed by atoms with Crippen LogP contribution in [-0.2, 0) is 11.0 Å². The molecule has 4 nitrogen and oxygen atoms in total. The third kappa shape index (κ3) is 2.97. The molecule has 1 aliphatic heterocycles. The topological polar surface area (TPSA) is 59.2 Å². The number of piperidine rings is 1. The molecule has 7 heteroatoms. The number of carbonyl (C=O) groups excluding carboxylic acids is 1. The summed E-state index contributed by atoms with van der Waals surface area (Å²) in [4.78, 5) is 16.4. The van der Waals surface area contributed by atoms with Crippen molar-refractivity contribution >= 4 is 11.7 Å². The Kier molecular flexibility index (Phi) is 3.64. The van der Waals surface area contributed by atoms with Crippen LogP contribution in [0.5, 0.6) is 0 Å². The quantitative estimate of drug-likeness (QED) is 0.894. The lowest BCUT2D eigenvalue weighted by molar-refractivity contribution is -0.137. The number of primary amides is 1. The van der Waals surface area contributed by atoms with E-state index in [9.17, 15) is 18.0 Å². The Bertz CT molecular complexity index is 468. The average Bonchev–Trinajstić information content (AvgIpc) is 2.38. The van der Waals surface area contributed by atoms with Gasteiger partial charge < -0.3 is 10.6 Å². The number of rotatable bonds is 2. The summed E-state index contributed by atoms with van der Waals surface area (Å²) in [5.41, 5.74) is 4.45. The molecule has 1 fully saturated rings. The van der Waals surface area contributed by atoms with Gasteiger partial charge in [-0.15, -0.1) is 0 Å². The lowest BCUT2D eigenvalue weighted by atomic mass is 9.96. The molecule has 19 heavy (non-hydrogen) atoms. The Morgan fingerprint density at radius 2 is 2.00 bits per heavy atom. The number of halogens is 3. The molecule has 104 valence electrons. The van der Waals surface area contributed by atoms with E-state index in [4.69, 9.17) is 5.73 Å². The highest BCUT2D eigenvalue weighted by Crippen LogP contribution is 2.36. The summed E-state index contributed by atoms with van der Waals surface area (Å²) in [7, 11) is 0. The summed E-state index contributed by atoms with van der Waals surface area (Å²) >= 11 is 0. The predicted molar refractivity (Wildman–Crippen MR) is 63.4 cm³/mol. The van der Waals surface area contributed by atoms with E-state index >= 15 is 0 Å². The molecule has 1 saturated heterocycles. The molecule has 0 aromatic carbocycles. The van der Waals surface area contributed by atoms with Crippen LogP contribution in [-0.4, -0.2) is 24.0 Å². The molecule has 1 aromatic rings. The van der Waals surface area contributed by atoms with Crippen molar-refractivity contribution in [3.63, 3.8) is 0 Å². The van der Waals surface area contributed by atoms with E-state index in [1.165, 1.54) is 12.3 Å². The third-order valence-corrected chi connectivity index (χ3v) is 3.29. The second kappa shape index (κ2) is 5.07. The van der Waals surface area contributed by atoms with E-state index in [0.29, 0.717) is 25.9 Å². The lowest BCUT2D eigenvalue weighted by Crippen LogP contribution is -2.39. The third-order valence-electron chi connectivity index (χ3n) is 3.29. The standard InChI is InChI=1S/C12H14F3N3O/c13-12(14,15)9-2-1-5-17-11(9)18-6-3-8(4-7-18)10(16)19/h1-2,5,8H,3-4,6-7H2,(H2,16,19). The first-order valence-corrected chi connectivity index (χ1v) is 5.96. The Morgan fingerprint density at radius 3 is 2.53 bits per heavy atom. The van der Waals surface area contributed by atoms with Crippen LogP contribution in [0, 0.1) is 5.92 Å². The summed E-state index contributed by atoms with van der Waals surface area (Å²) in [6.07, 6.45) is -2.17. The van der Waals surface area contributed by atoms with Crippen molar-refractivity contribution in [1.82, 2.24) is 4.98 Å². The maximum atomic E-state index is 12.9. The number of nitrogens with two attached hydrogens (primary N) is 1. The number of anilines is 1. The lowest BCUT2D eigenvalue weighted by Gasteiger charge is -2.32. The number of aromatic nitrogens is 1. The number of hydrogen-bond acceptors (Lipinski definition) is 3. The van der Waals surface area contributed by atoms with Gasteiger partial charge in [0.2, 0.25) is 5.91 Å². The second-order valence-corrected chi connectivity index (χ2v) is 4.54. The van der Waals surface area contributed by atoms with Gasteiger partial charge >= 0.3 is 6.18 Å². The minimum Gasteiger partial charge on any atom is -0.369 e. The van der Waals surface area contributed by atoms with Gasteiger partial charge in [0.1, 0.15) is 5.82 Å². The highest BCUT2D eigenvalue weighted by Gasteiger charge is 2.36. The van der Waals surface area contributed by atoms with Gasteiger partial charge in [-0.05, 0) is 25.0 Å². The largest absolute Gasteiger partial charge is 0.419 e. The fourth-order valence-corrected chi connectivity index (χ4v) is 2.25. The highest BCUT2D eigenvalue weighted by atomic mass is 19.4. The van der Waals surface area contributed by atoms with Crippen molar-refractivity contribution < 1.29 is 18.0 Å². The second-order valence-electron chi connectivity index (χ2n) is 4.54. The smallest absolute Gasteiger partial charge is 0.369 e. The normalized spacial score (nSPS) is 17.5. The van der Waals surface area contributed by atoms with Crippen molar-refractivity contribution in [2.75, 3.05) is 18.0 Å².